The number of rotatable bonds is 3. The van der Waals surface area contributed by atoms with Gasteiger partial charge in [0.2, 0.25) is 0 Å². The second-order valence-electron chi connectivity index (χ2n) is 14.2. The first-order valence-electron chi connectivity index (χ1n) is 15.6. The molecule has 9 atom stereocenters. The number of esters is 1. The van der Waals surface area contributed by atoms with E-state index in [-0.39, 0.29) is 35.4 Å². The summed E-state index contributed by atoms with van der Waals surface area (Å²) in [6.45, 7) is 9.16. The molecule has 4 saturated carbocycles. The van der Waals surface area contributed by atoms with Gasteiger partial charge in [0, 0.05) is 56.9 Å². The highest BCUT2D eigenvalue weighted by Crippen LogP contribution is 2.71. The number of carbonyl (C=O) groups is 2. The van der Waals surface area contributed by atoms with E-state index in [0.29, 0.717) is 18.3 Å². The van der Waals surface area contributed by atoms with Crippen LogP contribution in [0, 0.1) is 28.6 Å². The summed E-state index contributed by atoms with van der Waals surface area (Å²) in [5.41, 5.74) is -1.08. The van der Waals surface area contributed by atoms with Crippen molar-refractivity contribution in [3.05, 3.63) is 34.4 Å². The van der Waals surface area contributed by atoms with Gasteiger partial charge in [0.1, 0.15) is 12.2 Å². The molecule has 5 fully saturated rings. The van der Waals surface area contributed by atoms with Crippen LogP contribution in [0.3, 0.4) is 0 Å². The third-order valence-electron chi connectivity index (χ3n) is 12.2. The zero-order chi connectivity index (χ0) is 29.2. The van der Waals surface area contributed by atoms with E-state index in [0.717, 1.165) is 76.7 Å². The predicted octanol–water partition coefficient (Wildman–Crippen LogP) is 4.18. The Morgan fingerprint density at radius 1 is 1.00 bits per heavy atom. The van der Waals surface area contributed by atoms with Crippen LogP contribution in [0.2, 0.25) is 0 Å². The molecule has 0 bridgehead atoms. The molecule has 1 aromatic rings. The minimum Gasteiger partial charge on any atom is -0.462 e. The van der Waals surface area contributed by atoms with Crippen molar-refractivity contribution in [3.63, 3.8) is 0 Å². The van der Waals surface area contributed by atoms with Crippen LogP contribution in [0.5, 0.6) is 0 Å². The van der Waals surface area contributed by atoms with Gasteiger partial charge in [-0.3, -0.25) is 4.79 Å². The summed E-state index contributed by atoms with van der Waals surface area (Å²) < 4.78 is 17.2. The predicted molar refractivity (Wildman–Crippen MR) is 151 cm³/mol. The number of carbonyl (C=O) groups excluding carboxylic acids is 2. The maximum atomic E-state index is 12.9. The molecule has 9 heteroatoms. The highest BCUT2D eigenvalue weighted by Gasteiger charge is 2.70. The lowest BCUT2D eigenvalue weighted by Gasteiger charge is -2.63. The fourth-order valence-electron chi connectivity index (χ4n) is 9.96. The Morgan fingerprint density at radius 3 is 2.44 bits per heavy atom. The Kier molecular flexibility index (Phi) is 7.29. The van der Waals surface area contributed by atoms with E-state index in [1.54, 1.807) is 6.07 Å². The molecule has 1 aromatic heterocycles. The molecule has 0 spiro atoms. The van der Waals surface area contributed by atoms with Crippen LogP contribution in [0.4, 0.5) is 4.79 Å². The minimum atomic E-state index is -1.00. The molecule has 1 saturated heterocycles. The molecule has 0 aromatic carbocycles. The first-order valence-corrected chi connectivity index (χ1v) is 15.6. The molecule has 9 nitrogen and oxygen atoms in total. The van der Waals surface area contributed by atoms with Gasteiger partial charge in [0.15, 0.2) is 0 Å². The standard InChI is InChI=1S/C32H46N2O7/c1-20(35)40-26-18-32(38)25-7-6-22-17-23(41-29(37)34-15-13-33(4)14-16-34)9-11-30(22,2)24(25)10-12-31(32,3)28(26)21-5-8-27(36)39-19-21/h5,8,19,22-26,28,38H,6-7,9-18H2,1-4H3/t22-,23+,24+,25-,26+,28+,30+,31-,32+/m1/s1. The number of fused-ring (bicyclic) bond motifs is 5. The van der Waals surface area contributed by atoms with E-state index in [2.05, 4.69) is 25.8 Å². The van der Waals surface area contributed by atoms with Gasteiger partial charge in [-0.05, 0) is 86.8 Å². The van der Waals surface area contributed by atoms with Crippen molar-refractivity contribution in [1.82, 2.24) is 9.80 Å². The molecular formula is C32H46N2O7. The molecule has 0 radical (unpaired) electrons. The number of hydrogen-bond donors (Lipinski definition) is 1. The van der Waals surface area contributed by atoms with Gasteiger partial charge in [-0.25, -0.2) is 9.59 Å². The molecular weight excluding hydrogens is 524 g/mol. The first kappa shape index (κ1) is 28.7. The second-order valence-corrected chi connectivity index (χ2v) is 14.2. The summed E-state index contributed by atoms with van der Waals surface area (Å²) in [5, 5.41) is 12.7. The number of piperazine rings is 1. The lowest BCUT2D eigenvalue weighted by atomic mass is 9.43. The van der Waals surface area contributed by atoms with Crippen LogP contribution < -0.4 is 5.63 Å². The number of aliphatic hydroxyl groups is 1. The average molecular weight is 571 g/mol. The number of likely N-dealkylation sites (N-methyl/N-ethyl adjacent to an activating group) is 1. The summed E-state index contributed by atoms with van der Waals surface area (Å²) >= 11 is 0. The van der Waals surface area contributed by atoms with Crippen molar-refractivity contribution < 1.29 is 28.6 Å². The number of hydrogen-bond acceptors (Lipinski definition) is 8. The lowest BCUT2D eigenvalue weighted by molar-refractivity contribution is -0.205. The van der Waals surface area contributed by atoms with Crippen LogP contribution in [-0.2, 0) is 14.3 Å². The zero-order valence-corrected chi connectivity index (χ0v) is 25.0. The normalized spacial score (nSPS) is 42.5. The van der Waals surface area contributed by atoms with E-state index in [1.165, 1.54) is 19.3 Å². The SMILES string of the molecule is CC(=O)O[C@H]1C[C@]2(O)[C@@H]3CC[C@@H]4C[C@@H](OC(=O)N5CCN(C)CC5)CC[C@]4(C)[C@H]3CC[C@]2(C)[C@H]1c1ccc(=O)oc1. The van der Waals surface area contributed by atoms with Crippen molar-refractivity contribution in [3.8, 4) is 0 Å². The Balaban J connectivity index is 1.21. The maximum absolute atomic E-state index is 12.9. The zero-order valence-electron chi connectivity index (χ0n) is 25.0. The van der Waals surface area contributed by atoms with Gasteiger partial charge in [-0.2, -0.15) is 0 Å². The summed E-state index contributed by atoms with van der Waals surface area (Å²) in [6, 6.07) is 3.17. The number of amides is 1. The van der Waals surface area contributed by atoms with Crippen LogP contribution in [0.25, 0.3) is 0 Å². The molecule has 6 rings (SSSR count). The van der Waals surface area contributed by atoms with Crippen molar-refractivity contribution in [2.24, 2.45) is 28.6 Å². The smallest absolute Gasteiger partial charge is 0.410 e. The van der Waals surface area contributed by atoms with E-state index < -0.39 is 22.7 Å². The van der Waals surface area contributed by atoms with Gasteiger partial charge in [0.25, 0.3) is 0 Å². The van der Waals surface area contributed by atoms with E-state index in [9.17, 15) is 19.5 Å². The molecule has 2 heterocycles. The third kappa shape index (κ3) is 4.71. The molecule has 1 amide bonds. The molecule has 226 valence electrons. The third-order valence-corrected chi connectivity index (χ3v) is 12.2. The fourth-order valence-corrected chi connectivity index (χ4v) is 9.96. The Hall–Kier alpha value is -2.39. The Morgan fingerprint density at radius 2 is 1.76 bits per heavy atom. The number of ether oxygens (including phenoxy) is 2. The Labute approximate surface area is 242 Å². The van der Waals surface area contributed by atoms with Gasteiger partial charge >= 0.3 is 17.7 Å². The molecule has 1 aliphatic heterocycles. The highest BCUT2D eigenvalue weighted by molar-refractivity contribution is 5.68. The Bertz CT molecular complexity index is 1210. The molecule has 5 aliphatic rings. The van der Waals surface area contributed by atoms with E-state index in [4.69, 9.17) is 13.9 Å². The van der Waals surface area contributed by atoms with Crippen molar-refractivity contribution in [2.75, 3.05) is 33.2 Å². The topological polar surface area (TPSA) is 110 Å². The molecule has 0 unspecified atom stereocenters. The lowest BCUT2D eigenvalue weighted by Crippen LogP contribution is -2.62. The summed E-state index contributed by atoms with van der Waals surface area (Å²) in [7, 11) is 2.08. The first-order chi connectivity index (χ1) is 19.4. The molecule has 4 aliphatic carbocycles. The number of nitrogens with zero attached hydrogens (tertiary/aromatic N) is 2. The van der Waals surface area contributed by atoms with Crippen LogP contribution in [-0.4, -0.2) is 78.0 Å². The van der Waals surface area contributed by atoms with Gasteiger partial charge in [0.05, 0.1) is 11.9 Å². The average Bonchev–Trinajstić information content (AvgIpc) is 3.15. The van der Waals surface area contributed by atoms with E-state index >= 15 is 0 Å². The van der Waals surface area contributed by atoms with Crippen molar-refractivity contribution >= 4 is 12.1 Å². The van der Waals surface area contributed by atoms with Gasteiger partial charge in [-0.1, -0.05) is 13.8 Å². The van der Waals surface area contributed by atoms with Crippen LogP contribution >= 0.6 is 0 Å². The highest BCUT2D eigenvalue weighted by atomic mass is 16.6. The van der Waals surface area contributed by atoms with Crippen molar-refractivity contribution in [2.45, 2.75) is 95.9 Å². The monoisotopic (exact) mass is 570 g/mol. The summed E-state index contributed by atoms with van der Waals surface area (Å²) in [5.74, 6) is 0.266. The largest absolute Gasteiger partial charge is 0.462 e. The molecule has 1 N–H and O–H groups in total. The van der Waals surface area contributed by atoms with Crippen LogP contribution in [0.1, 0.15) is 83.6 Å². The quantitative estimate of drug-likeness (QED) is 0.540. The van der Waals surface area contributed by atoms with Gasteiger partial charge < -0.3 is 28.8 Å². The van der Waals surface area contributed by atoms with Crippen molar-refractivity contribution in [1.29, 1.82) is 0 Å². The molecule has 41 heavy (non-hydrogen) atoms. The van der Waals surface area contributed by atoms with Gasteiger partial charge in [-0.15, -0.1) is 0 Å². The van der Waals surface area contributed by atoms with E-state index in [1.807, 2.05) is 4.90 Å². The fraction of sp³-hybridized carbons (Fsp3) is 0.781. The summed E-state index contributed by atoms with van der Waals surface area (Å²) in [6.07, 6.45) is 7.56. The minimum absolute atomic E-state index is 0.0503. The summed E-state index contributed by atoms with van der Waals surface area (Å²) in [4.78, 5) is 40.9. The van der Waals surface area contributed by atoms with Crippen LogP contribution in [0.15, 0.2) is 27.6 Å². The second kappa shape index (κ2) is 10.4. The maximum Gasteiger partial charge on any atom is 0.410 e.